The van der Waals surface area contributed by atoms with E-state index < -0.39 is 10.1 Å². The molecule has 0 saturated heterocycles. The van der Waals surface area contributed by atoms with Crippen molar-refractivity contribution in [1.29, 1.82) is 0 Å². The number of aliphatic imine (C=N–C) groups is 1. The molecule has 34 heavy (non-hydrogen) atoms. The first-order valence-corrected chi connectivity index (χ1v) is 13.2. The fourth-order valence-corrected chi connectivity index (χ4v) is 5.41. The van der Waals surface area contributed by atoms with Crippen LogP contribution in [0.1, 0.15) is 11.1 Å². The van der Waals surface area contributed by atoms with Gasteiger partial charge in [0.05, 0.1) is 10.2 Å². The largest absolute Gasteiger partial charge is 0.457 e. The van der Waals surface area contributed by atoms with E-state index in [0.717, 1.165) is 15.8 Å². The lowest BCUT2D eigenvalue weighted by Gasteiger charge is -2.12. The fraction of sp³-hybridized carbons (Fsp3) is 0.0385. The molecule has 0 atom stereocenters. The first-order valence-electron chi connectivity index (χ1n) is 10.2. The third kappa shape index (κ3) is 6.14. The van der Waals surface area contributed by atoms with E-state index in [1.165, 1.54) is 12.1 Å². The quantitative estimate of drug-likeness (QED) is 0.160. The molecule has 0 radical (unpaired) electrons. The minimum absolute atomic E-state index is 0.0739. The Morgan fingerprint density at radius 1 is 0.824 bits per heavy atom. The van der Waals surface area contributed by atoms with E-state index in [-0.39, 0.29) is 10.6 Å². The Kier molecular flexibility index (Phi) is 7.50. The predicted octanol–water partition coefficient (Wildman–Crippen LogP) is 7.83. The van der Waals surface area contributed by atoms with Crippen molar-refractivity contribution in [3.05, 3.63) is 111 Å². The van der Waals surface area contributed by atoms with Crippen LogP contribution in [-0.2, 0) is 10.1 Å². The van der Waals surface area contributed by atoms with Gasteiger partial charge in [-0.1, -0.05) is 51.8 Å². The SMILES string of the molecule is Cc1ccc(S(=O)(=O)Oc2c(Br)cc(Br)cc2C=Nc2ccc(Oc3ccccc3)cc2)cc1. The molecule has 0 N–H and O–H groups in total. The van der Waals surface area contributed by atoms with Crippen LogP contribution in [0.4, 0.5) is 5.69 Å². The van der Waals surface area contributed by atoms with Crippen molar-refractivity contribution in [2.45, 2.75) is 11.8 Å². The highest BCUT2D eigenvalue weighted by molar-refractivity contribution is 9.11. The Hall–Kier alpha value is -2.94. The van der Waals surface area contributed by atoms with Crippen molar-refractivity contribution >= 4 is 53.9 Å². The molecule has 0 amide bonds. The summed E-state index contributed by atoms with van der Waals surface area (Å²) < 4.78 is 38.2. The van der Waals surface area contributed by atoms with E-state index in [1.807, 2.05) is 61.5 Å². The number of hydrogen-bond donors (Lipinski definition) is 0. The second kappa shape index (κ2) is 10.5. The van der Waals surface area contributed by atoms with Gasteiger partial charge in [0.1, 0.15) is 16.4 Å². The van der Waals surface area contributed by atoms with Crippen LogP contribution in [0, 0.1) is 6.92 Å². The third-order valence-corrected chi connectivity index (χ3v) is 6.99. The molecule has 0 heterocycles. The summed E-state index contributed by atoms with van der Waals surface area (Å²) >= 11 is 6.84. The van der Waals surface area contributed by atoms with E-state index in [2.05, 4.69) is 36.9 Å². The molecule has 0 aromatic heterocycles. The normalized spacial score (nSPS) is 11.5. The van der Waals surface area contributed by atoms with Crippen molar-refractivity contribution in [1.82, 2.24) is 0 Å². The maximum absolute atomic E-state index is 12.9. The Morgan fingerprint density at radius 2 is 1.47 bits per heavy atom. The molecule has 0 aliphatic carbocycles. The predicted molar refractivity (Wildman–Crippen MR) is 141 cm³/mol. The Bertz CT molecular complexity index is 1420. The van der Waals surface area contributed by atoms with Crippen molar-refractivity contribution in [2.75, 3.05) is 0 Å². The average Bonchev–Trinajstić information content (AvgIpc) is 2.81. The number of aryl methyl sites for hydroxylation is 1. The molecular weight excluding hydrogens is 582 g/mol. The van der Waals surface area contributed by atoms with Gasteiger partial charge in [-0.25, -0.2) is 0 Å². The van der Waals surface area contributed by atoms with Gasteiger partial charge in [0.15, 0.2) is 5.75 Å². The van der Waals surface area contributed by atoms with Gasteiger partial charge in [0.2, 0.25) is 0 Å². The first kappa shape index (κ1) is 24.2. The summed E-state index contributed by atoms with van der Waals surface area (Å²) in [5, 5.41) is 0. The highest BCUT2D eigenvalue weighted by Gasteiger charge is 2.20. The number of para-hydroxylation sites is 1. The average molecular weight is 601 g/mol. The van der Waals surface area contributed by atoms with Crippen molar-refractivity contribution in [3.63, 3.8) is 0 Å². The monoisotopic (exact) mass is 599 g/mol. The molecule has 0 aliphatic heterocycles. The van der Waals surface area contributed by atoms with Gasteiger partial charge in [-0.3, -0.25) is 4.99 Å². The van der Waals surface area contributed by atoms with Crippen LogP contribution in [0.5, 0.6) is 17.2 Å². The minimum atomic E-state index is -4.03. The highest BCUT2D eigenvalue weighted by atomic mass is 79.9. The maximum Gasteiger partial charge on any atom is 0.339 e. The van der Waals surface area contributed by atoms with Gasteiger partial charge in [0.25, 0.3) is 0 Å². The number of ether oxygens (including phenoxy) is 1. The number of halogens is 2. The summed E-state index contributed by atoms with van der Waals surface area (Å²) in [6.07, 6.45) is 1.56. The molecular formula is C26H19Br2NO4S. The lowest BCUT2D eigenvalue weighted by Crippen LogP contribution is -2.11. The molecule has 8 heteroatoms. The lowest BCUT2D eigenvalue weighted by atomic mass is 10.2. The van der Waals surface area contributed by atoms with Crippen LogP contribution in [0.3, 0.4) is 0 Å². The molecule has 172 valence electrons. The summed E-state index contributed by atoms with van der Waals surface area (Å²) in [6, 6.07) is 26.7. The maximum atomic E-state index is 12.9. The minimum Gasteiger partial charge on any atom is -0.457 e. The molecule has 0 unspecified atom stereocenters. The zero-order chi connectivity index (χ0) is 24.1. The molecule has 0 bridgehead atoms. The summed E-state index contributed by atoms with van der Waals surface area (Å²) in [5.74, 6) is 1.58. The summed E-state index contributed by atoms with van der Waals surface area (Å²) in [4.78, 5) is 4.56. The van der Waals surface area contributed by atoms with Gasteiger partial charge in [0, 0.05) is 16.3 Å². The zero-order valence-electron chi connectivity index (χ0n) is 18.0. The van der Waals surface area contributed by atoms with Crippen molar-refractivity contribution in [2.24, 2.45) is 4.99 Å². The van der Waals surface area contributed by atoms with Crippen LogP contribution in [-0.4, -0.2) is 14.6 Å². The lowest BCUT2D eigenvalue weighted by molar-refractivity contribution is 0.482. The number of benzene rings is 4. The summed E-state index contributed by atoms with van der Waals surface area (Å²) in [5.41, 5.74) is 2.11. The standard InChI is InChI=1S/C26H19Br2NO4S/c1-18-7-13-24(14-8-18)34(30,31)33-26-19(15-20(27)16-25(26)28)17-29-21-9-11-23(12-10-21)32-22-5-3-2-4-6-22/h2-17H,1H3. The number of rotatable bonds is 7. The third-order valence-electron chi connectivity index (χ3n) is 4.71. The van der Waals surface area contributed by atoms with Gasteiger partial charge >= 0.3 is 10.1 Å². The number of nitrogens with zero attached hydrogens (tertiary/aromatic N) is 1. The van der Waals surface area contributed by atoms with E-state index in [1.54, 1.807) is 30.5 Å². The first-order chi connectivity index (χ1) is 16.3. The fourth-order valence-electron chi connectivity index (χ4n) is 3.00. The van der Waals surface area contributed by atoms with E-state index in [9.17, 15) is 8.42 Å². The summed E-state index contributed by atoms with van der Waals surface area (Å²) in [6.45, 7) is 1.89. The van der Waals surface area contributed by atoms with Crippen LogP contribution in [0.15, 0.2) is 110 Å². The second-order valence-corrected chi connectivity index (χ2v) is 10.6. The van der Waals surface area contributed by atoms with E-state index in [4.69, 9.17) is 8.92 Å². The summed E-state index contributed by atoms with van der Waals surface area (Å²) in [7, 11) is -4.03. The van der Waals surface area contributed by atoms with Crippen molar-refractivity contribution < 1.29 is 17.3 Å². The number of hydrogen-bond acceptors (Lipinski definition) is 5. The molecule has 4 aromatic carbocycles. The molecule has 0 fully saturated rings. The van der Waals surface area contributed by atoms with Crippen LogP contribution in [0.25, 0.3) is 0 Å². The molecule has 0 aliphatic rings. The Balaban J connectivity index is 1.58. The molecule has 0 saturated carbocycles. The molecule has 5 nitrogen and oxygen atoms in total. The van der Waals surface area contributed by atoms with Gasteiger partial charge in [-0.15, -0.1) is 0 Å². The highest BCUT2D eigenvalue weighted by Crippen LogP contribution is 2.34. The van der Waals surface area contributed by atoms with Gasteiger partial charge < -0.3 is 8.92 Å². The van der Waals surface area contributed by atoms with Gasteiger partial charge in [-0.05, 0) is 83.5 Å². The van der Waals surface area contributed by atoms with Gasteiger partial charge in [-0.2, -0.15) is 8.42 Å². The smallest absolute Gasteiger partial charge is 0.339 e. The molecule has 4 aromatic rings. The zero-order valence-corrected chi connectivity index (χ0v) is 22.0. The van der Waals surface area contributed by atoms with Crippen LogP contribution >= 0.6 is 31.9 Å². The van der Waals surface area contributed by atoms with Crippen LogP contribution < -0.4 is 8.92 Å². The topological polar surface area (TPSA) is 65.0 Å². The molecule has 4 rings (SSSR count). The Morgan fingerprint density at radius 3 is 2.15 bits per heavy atom. The van der Waals surface area contributed by atoms with Crippen LogP contribution in [0.2, 0.25) is 0 Å². The van der Waals surface area contributed by atoms with Crippen molar-refractivity contribution in [3.8, 4) is 17.2 Å². The van der Waals surface area contributed by atoms with E-state index >= 15 is 0 Å². The van der Waals surface area contributed by atoms with E-state index in [0.29, 0.717) is 21.5 Å². The Labute approximate surface area is 215 Å². The second-order valence-electron chi connectivity index (χ2n) is 7.32. The molecule has 0 spiro atoms.